The molecule has 5 nitrogen and oxygen atoms in total. The number of nitrogens with zero attached hydrogens (tertiary/aromatic N) is 1. The van der Waals surface area contributed by atoms with E-state index in [0.717, 1.165) is 23.4 Å². The van der Waals surface area contributed by atoms with Crippen molar-refractivity contribution in [1.29, 1.82) is 0 Å². The average molecular weight is 404 g/mol. The van der Waals surface area contributed by atoms with Crippen LogP contribution in [-0.2, 0) is 11.0 Å². The van der Waals surface area contributed by atoms with Gasteiger partial charge in [-0.25, -0.2) is 18.3 Å². The van der Waals surface area contributed by atoms with Gasteiger partial charge in [0.2, 0.25) is 5.06 Å². The molecule has 0 bridgehead atoms. The van der Waals surface area contributed by atoms with Crippen molar-refractivity contribution in [3.05, 3.63) is 60.5 Å². The van der Waals surface area contributed by atoms with Gasteiger partial charge in [0.1, 0.15) is 22.6 Å². The van der Waals surface area contributed by atoms with E-state index in [-0.39, 0.29) is 5.82 Å². The van der Waals surface area contributed by atoms with Crippen LogP contribution >= 0.6 is 11.3 Å². The minimum absolute atomic E-state index is 0.351. The van der Waals surface area contributed by atoms with Crippen molar-refractivity contribution in [2.45, 2.75) is 30.2 Å². The van der Waals surface area contributed by atoms with Crippen LogP contribution in [0.2, 0.25) is 0 Å². The fraction of sp³-hybridized carbons (Fsp3) is 0.211. The molecule has 8 heteroatoms. The molecule has 0 radical (unpaired) electrons. The van der Waals surface area contributed by atoms with E-state index in [2.05, 4.69) is 15.0 Å². The molecule has 2 aromatic carbocycles. The van der Waals surface area contributed by atoms with Gasteiger partial charge in [0.15, 0.2) is 5.13 Å². The number of nitrogens with one attached hydrogen (secondary N) is 2. The predicted molar refractivity (Wildman–Crippen MR) is 105 cm³/mol. The van der Waals surface area contributed by atoms with Gasteiger partial charge in [-0.1, -0.05) is 29.9 Å². The maximum atomic E-state index is 13.2. The number of benzene rings is 2. The van der Waals surface area contributed by atoms with E-state index in [1.165, 1.54) is 29.9 Å². The summed E-state index contributed by atoms with van der Waals surface area (Å²) >= 11 is 1.31. The van der Waals surface area contributed by atoms with Gasteiger partial charge in [-0.05, 0) is 43.2 Å². The Balaban J connectivity index is 1.41. The molecule has 1 unspecified atom stereocenters. The third-order valence-electron chi connectivity index (χ3n) is 4.18. The maximum Gasteiger partial charge on any atom is 0.202 e. The Morgan fingerprint density at radius 2 is 2.04 bits per heavy atom. The number of ether oxygens (including phenoxy) is 1. The zero-order valence-corrected chi connectivity index (χ0v) is 16.0. The predicted octanol–water partition coefficient (Wildman–Crippen LogP) is 4.98. The van der Waals surface area contributed by atoms with Crippen LogP contribution in [-0.4, -0.2) is 15.2 Å². The fourth-order valence-electron chi connectivity index (χ4n) is 2.57. The first kappa shape index (κ1) is 18.1. The molecular weight excluding hydrogens is 385 g/mol. The highest BCUT2D eigenvalue weighted by Gasteiger charge is 2.19. The smallest absolute Gasteiger partial charge is 0.202 e. The molecule has 1 aromatic heterocycles. The van der Waals surface area contributed by atoms with E-state index in [1.807, 2.05) is 24.3 Å². The van der Waals surface area contributed by atoms with Crippen molar-refractivity contribution in [2.75, 3.05) is 5.32 Å². The molecule has 2 N–H and O–H groups in total. The zero-order valence-electron chi connectivity index (χ0n) is 14.4. The first-order valence-corrected chi connectivity index (χ1v) is 10.6. The molecule has 140 valence electrons. The zero-order chi connectivity index (χ0) is 18.6. The Labute approximate surface area is 163 Å². The Kier molecular flexibility index (Phi) is 5.47. The van der Waals surface area contributed by atoms with Crippen molar-refractivity contribution in [3.8, 4) is 10.8 Å². The maximum absolute atomic E-state index is 13.2. The van der Waals surface area contributed by atoms with Crippen LogP contribution in [0.5, 0.6) is 10.8 Å². The van der Waals surface area contributed by atoms with Gasteiger partial charge in [-0.3, -0.25) is 0 Å². The molecule has 0 aliphatic heterocycles. The quantitative estimate of drug-likeness (QED) is 0.584. The fourth-order valence-corrected chi connectivity index (χ4v) is 4.39. The second-order valence-corrected chi connectivity index (χ2v) is 8.45. The van der Waals surface area contributed by atoms with Gasteiger partial charge < -0.3 is 10.1 Å². The molecule has 0 saturated heterocycles. The van der Waals surface area contributed by atoms with Crippen molar-refractivity contribution in [2.24, 2.45) is 0 Å². The first-order chi connectivity index (χ1) is 13.2. The number of thiazole rings is 1. The summed E-state index contributed by atoms with van der Waals surface area (Å²) in [6, 6.07) is 13.7. The largest absolute Gasteiger partial charge is 0.445 e. The summed E-state index contributed by atoms with van der Waals surface area (Å²) < 4.78 is 34.4. The molecule has 4 rings (SSSR count). The van der Waals surface area contributed by atoms with E-state index in [4.69, 9.17) is 4.74 Å². The molecule has 1 aliphatic carbocycles. The Morgan fingerprint density at radius 3 is 2.81 bits per heavy atom. The molecular formula is C19H18FN3O2S2. The lowest BCUT2D eigenvalue weighted by Crippen LogP contribution is -2.36. The summed E-state index contributed by atoms with van der Waals surface area (Å²) in [5.74, 6) is 0.0698. The molecule has 1 atom stereocenters. The SMILES string of the molecule is O=S(NC1CCC1)c1cccc(Nc2ncc(Oc3cccc(F)c3)s2)c1. The summed E-state index contributed by atoms with van der Waals surface area (Å²) in [6.45, 7) is 0. The summed E-state index contributed by atoms with van der Waals surface area (Å²) in [5.41, 5.74) is 0.794. The Hall–Kier alpha value is -2.29. The molecule has 27 heavy (non-hydrogen) atoms. The molecule has 1 saturated carbocycles. The first-order valence-electron chi connectivity index (χ1n) is 8.60. The number of anilines is 2. The van der Waals surface area contributed by atoms with Crippen molar-refractivity contribution < 1.29 is 13.3 Å². The Morgan fingerprint density at radius 1 is 1.19 bits per heavy atom. The number of hydrogen-bond acceptors (Lipinski definition) is 5. The minimum Gasteiger partial charge on any atom is -0.445 e. The second kappa shape index (κ2) is 8.16. The summed E-state index contributed by atoms with van der Waals surface area (Å²) in [5, 5.41) is 4.38. The van der Waals surface area contributed by atoms with Crippen molar-refractivity contribution >= 4 is 33.1 Å². The van der Waals surface area contributed by atoms with Crippen LogP contribution in [0, 0.1) is 5.82 Å². The van der Waals surface area contributed by atoms with E-state index < -0.39 is 11.0 Å². The van der Waals surface area contributed by atoms with Gasteiger partial charge in [-0.15, -0.1) is 0 Å². The highest BCUT2D eigenvalue weighted by molar-refractivity contribution is 7.83. The lowest BCUT2D eigenvalue weighted by atomic mass is 9.94. The van der Waals surface area contributed by atoms with E-state index in [0.29, 0.717) is 22.0 Å². The van der Waals surface area contributed by atoms with Gasteiger partial charge in [0.05, 0.1) is 11.1 Å². The number of hydrogen-bond donors (Lipinski definition) is 2. The van der Waals surface area contributed by atoms with Gasteiger partial charge in [0, 0.05) is 17.8 Å². The van der Waals surface area contributed by atoms with Gasteiger partial charge in [0.25, 0.3) is 0 Å². The van der Waals surface area contributed by atoms with Crippen molar-refractivity contribution in [1.82, 2.24) is 9.71 Å². The molecule has 1 heterocycles. The van der Waals surface area contributed by atoms with E-state index in [1.54, 1.807) is 18.3 Å². The Bertz CT molecular complexity index is 959. The van der Waals surface area contributed by atoms with Gasteiger partial charge in [-0.2, -0.15) is 0 Å². The van der Waals surface area contributed by atoms with E-state index >= 15 is 0 Å². The number of aromatic nitrogens is 1. The molecule has 3 aromatic rings. The number of halogens is 1. The number of rotatable bonds is 7. The molecule has 0 amide bonds. The lowest BCUT2D eigenvalue weighted by Gasteiger charge is -2.25. The molecule has 1 fully saturated rings. The topological polar surface area (TPSA) is 63.2 Å². The average Bonchev–Trinajstić information content (AvgIpc) is 3.05. The van der Waals surface area contributed by atoms with Crippen LogP contribution < -0.4 is 14.8 Å². The summed E-state index contributed by atoms with van der Waals surface area (Å²) in [7, 11) is -1.22. The summed E-state index contributed by atoms with van der Waals surface area (Å²) in [4.78, 5) is 4.99. The van der Waals surface area contributed by atoms with Crippen LogP contribution in [0.25, 0.3) is 0 Å². The third-order valence-corrected chi connectivity index (χ3v) is 6.20. The normalized spacial score (nSPS) is 15.1. The van der Waals surface area contributed by atoms with Crippen LogP contribution in [0.4, 0.5) is 15.2 Å². The monoisotopic (exact) mass is 403 g/mol. The molecule has 0 spiro atoms. The van der Waals surface area contributed by atoms with Crippen LogP contribution in [0.1, 0.15) is 19.3 Å². The highest BCUT2D eigenvalue weighted by Crippen LogP contribution is 2.32. The highest BCUT2D eigenvalue weighted by atomic mass is 32.2. The standard InChI is InChI=1S/C19H18FN3O2S2/c20-13-4-1-8-16(10-13)25-18-12-21-19(26-18)22-15-7-3-9-17(11-15)27(24)23-14-5-2-6-14/h1,3-4,7-12,14,23H,2,5-6H2,(H,21,22). The second-order valence-electron chi connectivity index (χ2n) is 6.21. The third kappa shape index (κ3) is 4.71. The van der Waals surface area contributed by atoms with E-state index in [9.17, 15) is 8.60 Å². The lowest BCUT2D eigenvalue weighted by molar-refractivity contribution is 0.390. The van der Waals surface area contributed by atoms with Crippen LogP contribution in [0.15, 0.2) is 59.6 Å². The van der Waals surface area contributed by atoms with Crippen molar-refractivity contribution in [3.63, 3.8) is 0 Å². The summed E-state index contributed by atoms with van der Waals surface area (Å²) in [6.07, 6.45) is 4.94. The van der Waals surface area contributed by atoms with Gasteiger partial charge >= 0.3 is 0 Å². The minimum atomic E-state index is -1.22. The molecule has 1 aliphatic rings. The van der Waals surface area contributed by atoms with Crippen LogP contribution in [0.3, 0.4) is 0 Å².